The van der Waals surface area contributed by atoms with Gasteiger partial charge in [0, 0.05) is 6.07 Å². The molecular weight excluding hydrogens is 275 g/mol. The van der Waals surface area contributed by atoms with E-state index >= 15 is 0 Å². The van der Waals surface area contributed by atoms with Crippen molar-refractivity contribution in [1.29, 1.82) is 5.26 Å². The monoisotopic (exact) mass is 286 g/mol. The van der Waals surface area contributed by atoms with Crippen molar-refractivity contribution in [2.24, 2.45) is 0 Å². The van der Waals surface area contributed by atoms with Gasteiger partial charge in [0.05, 0.1) is 16.6 Å². The highest BCUT2D eigenvalue weighted by Gasteiger charge is 2.19. The summed E-state index contributed by atoms with van der Waals surface area (Å²) in [5.74, 6) is -1.17. The van der Waals surface area contributed by atoms with Crippen molar-refractivity contribution in [1.82, 2.24) is 0 Å². The van der Waals surface area contributed by atoms with E-state index in [1.807, 2.05) is 6.07 Å². The summed E-state index contributed by atoms with van der Waals surface area (Å²) in [5.41, 5.74) is 1.62. The molecule has 0 unspecified atom stereocenters. The van der Waals surface area contributed by atoms with Gasteiger partial charge < -0.3 is 4.74 Å². The van der Waals surface area contributed by atoms with Crippen LogP contribution in [0.3, 0.4) is 0 Å². The van der Waals surface area contributed by atoms with E-state index in [0.717, 1.165) is 17.2 Å². The molecule has 5 nitrogen and oxygen atoms in total. The highest BCUT2D eigenvalue weighted by molar-refractivity contribution is 5.47. The lowest BCUT2D eigenvalue weighted by molar-refractivity contribution is -0.386. The smallest absolute Gasteiger partial charge is 0.314 e. The molecule has 0 radical (unpaired) electrons. The largest absolute Gasteiger partial charge is 0.480 e. The second-order valence-corrected chi connectivity index (χ2v) is 4.39. The van der Waals surface area contributed by atoms with Gasteiger partial charge >= 0.3 is 5.69 Å². The number of hydrogen-bond acceptors (Lipinski definition) is 4. The molecule has 0 amide bonds. The number of ether oxygens (including phenoxy) is 1. The van der Waals surface area contributed by atoms with Crippen LogP contribution < -0.4 is 4.74 Å². The van der Waals surface area contributed by atoms with Crippen LogP contribution in [-0.4, -0.2) is 4.92 Å². The standard InChI is InChI=1S/C15H11FN2O3/c1-10-7-11(8-17)5-6-12(10)9-21-15-13(16)3-2-4-14(15)18(19)20/h2-7H,9H2,1H3. The normalized spacial score (nSPS) is 9.95. The predicted octanol–water partition coefficient (Wildman–Crippen LogP) is 3.49. The van der Waals surface area contributed by atoms with Gasteiger partial charge in [-0.25, -0.2) is 4.39 Å². The molecule has 0 atom stereocenters. The van der Waals surface area contributed by atoms with Crippen molar-refractivity contribution < 1.29 is 14.1 Å². The van der Waals surface area contributed by atoms with Crippen LogP contribution >= 0.6 is 0 Å². The molecule has 0 aliphatic rings. The fraction of sp³-hybridized carbons (Fsp3) is 0.133. The molecular formula is C15H11FN2O3. The molecule has 2 rings (SSSR count). The first kappa shape index (κ1) is 14.5. The number of rotatable bonds is 4. The highest BCUT2D eigenvalue weighted by Crippen LogP contribution is 2.30. The molecule has 0 saturated carbocycles. The van der Waals surface area contributed by atoms with E-state index in [1.54, 1.807) is 25.1 Å². The zero-order chi connectivity index (χ0) is 15.4. The van der Waals surface area contributed by atoms with Gasteiger partial charge in [0.25, 0.3) is 0 Å². The van der Waals surface area contributed by atoms with Gasteiger partial charge in [0.2, 0.25) is 5.75 Å². The molecule has 0 aliphatic carbocycles. The topological polar surface area (TPSA) is 76.2 Å². The van der Waals surface area contributed by atoms with E-state index in [1.165, 1.54) is 12.1 Å². The van der Waals surface area contributed by atoms with Gasteiger partial charge in [-0.3, -0.25) is 10.1 Å². The van der Waals surface area contributed by atoms with E-state index in [9.17, 15) is 14.5 Å². The van der Waals surface area contributed by atoms with Crippen LogP contribution in [0.5, 0.6) is 5.75 Å². The summed E-state index contributed by atoms with van der Waals surface area (Å²) in [6.07, 6.45) is 0. The van der Waals surface area contributed by atoms with Gasteiger partial charge in [0.1, 0.15) is 6.61 Å². The number of nitriles is 1. The Morgan fingerprint density at radius 1 is 1.38 bits per heavy atom. The van der Waals surface area contributed by atoms with Crippen LogP contribution in [-0.2, 0) is 6.61 Å². The van der Waals surface area contributed by atoms with E-state index < -0.39 is 16.4 Å². The first-order chi connectivity index (χ1) is 10.0. The first-order valence-electron chi connectivity index (χ1n) is 6.08. The van der Waals surface area contributed by atoms with Gasteiger partial charge in [-0.05, 0) is 36.2 Å². The Morgan fingerprint density at radius 3 is 2.76 bits per heavy atom. The van der Waals surface area contributed by atoms with E-state index in [-0.39, 0.29) is 12.4 Å². The minimum Gasteiger partial charge on any atom is -0.480 e. The lowest BCUT2D eigenvalue weighted by Crippen LogP contribution is -2.02. The molecule has 6 heteroatoms. The van der Waals surface area contributed by atoms with Crippen molar-refractivity contribution in [3.63, 3.8) is 0 Å². The summed E-state index contributed by atoms with van der Waals surface area (Å²) >= 11 is 0. The Kier molecular flexibility index (Phi) is 4.14. The average Bonchev–Trinajstić information content (AvgIpc) is 2.46. The summed E-state index contributed by atoms with van der Waals surface area (Å²) in [4.78, 5) is 10.2. The zero-order valence-corrected chi connectivity index (χ0v) is 11.2. The molecule has 0 aromatic heterocycles. The molecule has 106 valence electrons. The molecule has 2 aromatic rings. The second-order valence-electron chi connectivity index (χ2n) is 4.39. The van der Waals surface area contributed by atoms with E-state index in [0.29, 0.717) is 5.56 Å². The number of nitro benzene ring substituents is 1. The minimum atomic E-state index is -0.782. The molecule has 2 aromatic carbocycles. The number of aryl methyl sites for hydroxylation is 1. The zero-order valence-electron chi connectivity index (χ0n) is 11.2. The Morgan fingerprint density at radius 2 is 2.14 bits per heavy atom. The Bertz CT molecular complexity index is 738. The molecule has 0 spiro atoms. The Balaban J connectivity index is 2.25. The van der Waals surface area contributed by atoms with Crippen molar-refractivity contribution in [3.8, 4) is 11.8 Å². The van der Waals surface area contributed by atoms with Crippen LogP contribution in [0, 0.1) is 34.2 Å². The maximum absolute atomic E-state index is 13.7. The number of benzene rings is 2. The number of para-hydroxylation sites is 1. The first-order valence-corrected chi connectivity index (χ1v) is 6.08. The van der Waals surface area contributed by atoms with Crippen LogP contribution in [0.15, 0.2) is 36.4 Å². The fourth-order valence-electron chi connectivity index (χ4n) is 1.86. The van der Waals surface area contributed by atoms with Crippen molar-refractivity contribution in [2.45, 2.75) is 13.5 Å². The fourth-order valence-corrected chi connectivity index (χ4v) is 1.86. The molecule has 0 aliphatic heterocycles. The van der Waals surface area contributed by atoms with Crippen molar-refractivity contribution >= 4 is 5.69 Å². The Labute approximate surface area is 120 Å². The third-order valence-electron chi connectivity index (χ3n) is 2.99. The number of halogens is 1. The van der Waals surface area contributed by atoms with Crippen molar-refractivity contribution in [3.05, 3.63) is 69.0 Å². The molecule has 21 heavy (non-hydrogen) atoms. The maximum Gasteiger partial charge on any atom is 0.314 e. The van der Waals surface area contributed by atoms with Crippen LogP contribution in [0.4, 0.5) is 10.1 Å². The minimum absolute atomic E-state index is 0.0146. The highest BCUT2D eigenvalue weighted by atomic mass is 19.1. The lowest BCUT2D eigenvalue weighted by atomic mass is 10.1. The van der Waals surface area contributed by atoms with Gasteiger partial charge in [0.15, 0.2) is 5.82 Å². The molecule has 0 bridgehead atoms. The average molecular weight is 286 g/mol. The van der Waals surface area contributed by atoms with Gasteiger partial charge in [-0.2, -0.15) is 5.26 Å². The number of nitro groups is 1. The summed E-state index contributed by atoms with van der Waals surface area (Å²) in [5, 5.41) is 19.6. The second kappa shape index (κ2) is 6.01. The summed E-state index contributed by atoms with van der Waals surface area (Å²) in [6, 6.07) is 10.5. The molecule has 0 saturated heterocycles. The van der Waals surface area contributed by atoms with Crippen LogP contribution in [0.25, 0.3) is 0 Å². The maximum atomic E-state index is 13.7. The Hall–Kier alpha value is -2.94. The summed E-state index contributed by atoms with van der Waals surface area (Å²) in [6.45, 7) is 1.77. The van der Waals surface area contributed by atoms with Gasteiger partial charge in [-0.1, -0.05) is 12.1 Å². The lowest BCUT2D eigenvalue weighted by Gasteiger charge is -2.10. The SMILES string of the molecule is Cc1cc(C#N)ccc1COc1c(F)cccc1[N+](=O)[O-]. The third kappa shape index (κ3) is 3.15. The summed E-state index contributed by atoms with van der Waals surface area (Å²) in [7, 11) is 0. The van der Waals surface area contributed by atoms with Crippen LogP contribution in [0.1, 0.15) is 16.7 Å². The predicted molar refractivity (Wildman–Crippen MR) is 73.3 cm³/mol. The number of nitrogens with zero attached hydrogens (tertiary/aromatic N) is 2. The number of hydrogen-bond donors (Lipinski definition) is 0. The van der Waals surface area contributed by atoms with E-state index in [4.69, 9.17) is 10.00 Å². The third-order valence-corrected chi connectivity index (χ3v) is 2.99. The molecule has 0 fully saturated rings. The van der Waals surface area contributed by atoms with Gasteiger partial charge in [-0.15, -0.1) is 0 Å². The van der Waals surface area contributed by atoms with Crippen molar-refractivity contribution in [2.75, 3.05) is 0 Å². The molecule has 0 N–H and O–H groups in total. The van der Waals surface area contributed by atoms with Crippen LogP contribution in [0.2, 0.25) is 0 Å². The quantitative estimate of drug-likeness (QED) is 0.636. The summed E-state index contributed by atoms with van der Waals surface area (Å²) < 4.78 is 18.9. The van der Waals surface area contributed by atoms with E-state index in [2.05, 4.69) is 0 Å². The molecule has 0 heterocycles.